The molecule has 0 aromatic heterocycles. The number of ether oxygens (including phenoxy) is 1. The van der Waals surface area contributed by atoms with Gasteiger partial charge in [0.05, 0.1) is 11.5 Å². The lowest BCUT2D eigenvalue weighted by atomic mass is 9.86. The van der Waals surface area contributed by atoms with E-state index in [0.29, 0.717) is 18.3 Å². The van der Waals surface area contributed by atoms with Crippen molar-refractivity contribution in [2.24, 2.45) is 5.92 Å². The molecular weight excluding hydrogens is 340 g/mol. The molecule has 6 nitrogen and oxygen atoms in total. The van der Waals surface area contributed by atoms with Gasteiger partial charge >= 0.3 is 0 Å². The third-order valence-corrected chi connectivity index (χ3v) is 6.02. The molecule has 1 saturated carbocycles. The Morgan fingerprint density at radius 3 is 2.52 bits per heavy atom. The number of benzene rings is 1. The van der Waals surface area contributed by atoms with Crippen molar-refractivity contribution in [2.45, 2.75) is 56.9 Å². The number of hydrogen-bond acceptors (Lipinski definition) is 4. The maximum Gasteiger partial charge on any atom is 0.240 e. The molecule has 0 bridgehead atoms. The SMILES string of the molecule is CCOc1ccc(S(=O)(=O)NCCC(=O)N[C@@H]2CCCC[C@H]2C)cc1. The Morgan fingerprint density at radius 2 is 1.88 bits per heavy atom. The van der Waals surface area contributed by atoms with Crippen molar-refractivity contribution in [1.82, 2.24) is 10.0 Å². The number of rotatable bonds is 8. The predicted molar refractivity (Wildman–Crippen MR) is 97.0 cm³/mol. The number of carbonyl (C=O) groups excluding carboxylic acids is 1. The molecule has 1 amide bonds. The number of nitrogens with one attached hydrogen (secondary N) is 2. The van der Waals surface area contributed by atoms with Crippen molar-refractivity contribution in [2.75, 3.05) is 13.2 Å². The zero-order valence-corrected chi connectivity index (χ0v) is 15.8. The molecule has 1 fully saturated rings. The number of carbonyl (C=O) groups is 1. The molecule has 0 heterocycles. The van der Waals surface area contributed by atoms with Crippen LogP contribution in [-0.4, -0.2) is 33.5 Å². The van der Waals surface area contributed by atoms with Crippen LogP contribution in [0.25, 0.3) is 0 Å². The lowest BCUT2D eigenvalue weighted by molar-refractivity contribution is -0.122. The van der Waals surface area contributed by atoms with Crippen LogP contribution >= 0.6 is 0 Å². The van der Waals surface area contributed by atoms with E-state index in [2.05, 4.69) is 17.0 Å². The summed E-state index contributed by atoms with van der Waals surface area (Å²) >= 11 is 0. The zero-order valence-electron chi connectivity index (χ0n) is 15.0. The molecule has 0 aliphatic heterocycles. The molecule has 0 unspecified atom stereocenters. The van der Waals surface area contributed by atoms with E-state index in [1.54, 1.807) is 12.1 Å². The summed E-state index contributed by atoms with van der Waals surface area (Å²) < 4.78 is 32.3. The number of hydrogen-bond donors (Lipinski definition) is 2. The first-order valence-corrected chi connectivity index (χ1v) is 10.4. The van der Waals surface area contributed by atoms with Gasteiger partial charge in [0, 0.05) is 19.0 Å². The predicted octanol–water partition coefficient (Wildman–Crippen LogP) is 2.45. The minimum Gasteiger partial charge on any atom is -0.494 e. The van der Waals surface area contributed by atoms with E-state index in [-0.39, 0.29) is 29.8 Å². The lowest BCUT2D eigenvalue weighted by Gasteiger charge is -2.29. The standard InChI is InChI=1S/C18H28N2O4S/c1-3-24-15-8-10-16(11-9-15)25(22,23)19-13-12-18(21)20-17-7-5-4-6-14(17)2/h8-11,14,17,19H,3-7,12-13H2,1-2H3,(H,20,21)/t14-,17-/m1/s1. The van der Waals surface area contributed by atoms with Crippen molar-refractivity contribution in [3.05, 3.63) is 24.3 Å². The largest absolute Gasteiger partial charge is 0.494 e. The van der Waals surface area contributed by atoms with Crippen LogP contribution in [-0.2, 0) is 14.8 Å². The Kier molecular flexibility index (Phi) is 7.25. The van der Waals surface area contributed by atoms with E-state index in [9.17, 15) is 13.2 Å². The van der Waals surface area contributed by atoms with Crippen LogP contribution in [0.1, 0.15) is 46.0 Å². The van der Waals surface area contributed by atoms with Crippen LogP contribution in [0.2, 0.25) is 0 Å². The Balaban J connectivity index is 1.80. The molecule has 25 heavy (non-hydrogen) atoms. The molecule has 1 aliphatic rings. The van der Waals surface area contributed by atoms with Gasteiger partial charge in [0.2, 0.25) is 15.9 Å². The molecule has 7 heteroatoms. The van der Waals surface area contributed by atoms with Crippen molar-refractivity contribution in [1.29, 1.82) is 0 Å². The van der Waals surface area contributed by atoms with Crippen molar-refractivity contribution >= 4 is 15.9 Å². The first kappa shape index (κ1) is 19.7. The highest BCUT2D eigenvalue weighted by Crippen LogP contribution is 2.23. The Morgan fingerprint density at radius 1 is 1.20 bits per heavy atom. The van der Waals surface area contributed by atoms with Crippen LogP contribution in [0.5, 0.6) is 5.75 Å². The maximum absolute atomic E-state index is 12.2. The van der Waals surface area contributed by atoms with E-state index >= 15 is 0 Å². The fraction of sp³-hybridized carbons (Fsp3) is 0.611. The molecule has 140 valence electrons. The Hall–Kier alpha value is -1.60. The summed E-state index contributed by atoms with van der Waals surface area (Å²) in [5.74, 6) is 1.01. The van der Waals surface area contributed by atoms with Crippen LogP contribution in [0.4, 0.5) is 0 Å². The van der Waals surface area contributed by atoms with E-state index in [4.69, 9.17) is 4.74 Å². The van der Waals surface area contributed by atoms with Gasteiger partial charge in [-0.15, -0.1) is 0 Å². The van der Waals surface area contributed by atoms with Crippen LogP contribution < -0.4 is 14.8 Å². The summed E-state index contributed by atoms with van der Waals surface area (Å²) in [5.41, 5.74) is 0. The van der Waals surface area contributed by atoms with E-state index in [1.165, 1.54) is 18.6 Å². The van der Waals surface area contributed by atoms with Crippen LogP contribution in [0.15, 0.2) is 29.2 Å². The molecule has 2 rings (SSSR count). The molecule has 2 N–H and O–H groups in total. The van der Waals surface area contributed by atoms with Gasteiger partial charge in [-0.3, -0.25) is 4.79 Å². The molecule has 1 aliphatic carbocycles. The molecule has 0 spiro atoms. The summed E-state index contributed by atoms with van der Waals surface area (Å²) in [4.78, 5) is 12.2. The van der Waals surface area contributed by atoms with E-state index < -0.39 is 10.0 Å². The highest BCUT2D eigenvalue weighted by molar-refractivity contribution is 7.89. The summed E-state index contributed by atoms with van der Waals surface area (Å²) in [6.45, 7) is 4.63. The van der Waals surface area contributed by atoms with Gasteiger partial charge in [0.1, 0.15) is 5.75 Å². The van der Waals surface area contributed by atoms with Gasteiger partial charge in [-0.1, -0.05) is 19.8 Å². The second-order valence-electron chi connectivity index (χ2n) is 6.49. The average molecular weight is 368 g/mol. The Labute approximate surface area is 150 Å². The second-order valence-corrected chi connectivity index (χ2v) is 8.25. The summed E-state index contributed by atoms with van der Waals surface area (Å²) in [7, 11) is -3.62. The minimum absolute atomic E-state index is 0.0858. The summed E-state index contributed by atoms with van der Waals surface area (Å²) in [5, 5.41) is 3.03. The van der Waals surface area contributed by atoms with Gasteiger partial charge in [0.25, 0.3) is 0 Å². The first-order chi connectivity index (χ1) is 11.9. The van der Waals surface area contributed by atoms with E-state index in [0.717, 1.165) is 19.3 Å². The highest BCUT2D eigenvalue weighted by Gasteiger charge is 2.22. The first-order valence-electron chi connectivity index (χ1n) is 8.94. The van der Waals surface area contributed by atoms with Gasteiger partial charge in [-0.05, 0) is 49.9 Å². The third-order valence-electron chi connectivity index (χ3n) is 4.55. The maximum atomic E-state index is 12.2. The molecule has 2 atom stereocenters. The minimum atomic E-state index is -3.62. The number of sulfonamides is 1. The quantitative estimate of drug-likeness (QED) is 0.738. The van der Waals surface area contributed by atoms with E-state index in [1.807, 2.05) is 6.92 Å². The monoisotopic (exact) mass is 368 g/mol. The number of amides is 1. The third kappa shape index (κ3) is 6.01. The second kappa shape index (κ2) is 9.20. The average Bonchev–Trinajstić information content (AvgIpc) is 2.58. The summed E-state index contributed by atoms with van der Waals surface area (Å²) in [6.07, 6.45) is 4.63. The topological polar surface area (TPSA) is 84.5 Å². The van der Waals surface area contributed by atoms with Gasteiger partial charge in [-0.25, -0.2) is 13.1 Å². The van der Waals surface area contributed by atoms with Crippen LogP contribution in [0, 0.1) is 5.92 Å². The van der Waals surface area contributed by atoms with Crippen molar-refractivity contribution in [3.63, 3.8) is 0 Å². The molecule has 0 radical (unpaired) electrons. The lowest BCUT2D eigenvalue weighted by Crippen LogP contribution is -2.42. The molecular formula is C18H28N2O4S. The Bertz CT molecular complexity index is 658. The molecule has 1 aromatic carbocycles. The zero-order chi connectivity index (χ0) is 18.3. The molecule has 1 aromatic rings. The fourth-order valence-electron chi connectivity index (χ4n) is 3.07. The smallest absolute Gasteiger partial charge is 0.240 e. The fourth-order valence-corrected chi connectivity index (χ4v) is 4.11. The normalized spacial score (nSPS) is 20.9. The van der Waals surface area contributed by atoms with Gasteiger partial charge in [-0.2, -0.15) is 0 Å². The van der Waals surface area contributed by atoms with Crippen LogP contribution in [0.3, 0.4) is 0 Å². The van der Waals surface area contributed by atoms with Gasteiger partial charge < -0.3 is 10.1 Å². The summed E-state index contributed by atoms with van der Waals surface area (Å²) in [6, 6.07) is 6.45. The van der Waals surface area contributed by atoms with Crippen molar-refractivity contribution in [3.8, 4) is 5.75 Å². The highest BCUT2D eigenvalue weighted by atomic mass is 32.2. The van der Waals surface area contributed by atoms with Gasteiger partial charge in [0.15, 0.2) is 0 Å². The van der Waals surface area contributed by atoms with Crippen molar-refractivity contribution < 1.29 is 17.9 Å². The molecule has 0 saturated heterocycles.